The number of nitrogens with one attached hydrogen (secondary N) is 1. The van der Waals surface area contributed by atoms with Crippen molar-refractivity contribution in [2.45, 2.75) is 25.9 Å². The molecule has 20 heavy (non-hydrogen) atoms. The van der Waals surface area contributed by atoms with Gasteiger partial charge in [0.05, 0.1) is 7.11 Å². The van der Waals surface area contributed by atoms with Gasteiger partial charge in [-0.2, -0.15) is 13.2 Å². The van der Waals surface area contributed by atoms with Crippen molar-refractivity contribution >= 4 is 11.9 Å². The highest BCUT2D eigenvalue weighted by Gasteiger charge is 2.62. The lowest BCUT2D eigenvalue weighted by Gasteiger charge is -2.34. The van der Waals surface area contributed by atoms with Crippen molar-refractivity contribution in [2.75, 3.05) is 33.3 Å². The molecule has 0 spiro atoms. The van der Waals surface area contributed by atoms with E-state index in [2.05, 4.69) is 10.1 Å². The van der Waals surface area contributed by atoms with Gasteiger partial charge in [0.15, 0.2) is 5.41 Å². The van der Waals surface area contributed by atoms with Gasteiger partial charge in [-0.05, 0) is 19.4 Å². The summed E-state index contributed by atoms with van der Waals surface area (Å²) in [5, 5.41) is 2.58. The van der Waals surface area contributed by atoms with Crippen molar-refractivity contribution in [1.82, 2.24) is 10.2 Å². The number of amides is 1. The predicted molar refractivity (Wildman–Crippen MR) is 64.9 cm³/mol. The molecule has 1 fully saturated rings. The maximum absolute atomic E-state index is 13.3. The van der Waals surface area contributed by atoms with Gasteiger partial charge in [0.1, 0.15) is 6.54 Å². The Morgan fingerprint density at radius 1 is 1.40 bits per heavy atom. The summed E-state index contributed by atoms with van der Waals surface area (Å²) in [6.07, 6.45) is -4.49. The topological polar surface area (TPSA) is 58.6 Å². The quantitative estimate of drug-likeness (QED) is 0.767. The molecule has 116 valence electrons. The van der Waals surface area contributed by atoms with Gasteiger partial charge < -0.3 is 15.0 Å². The first-order chi connectivity index (χ1) is 9.28. The Balaban J connectivity index is 2.99. The van der Waals surface area contributed by atoms with Gasteiger partial charge in [0.2, 0.25) is 5.91 Å². The number of carbonyl (C=O) groups is 2. The molecule has 0 aliphatic carbocycles. The molecule has 1 atom stereocenters. The molecule has 1 aliphatic rings. The number of halogens is 3. The fourth-order valence-electron chi connectivity index (χ4n) is 2.28. The van der Waals surface area contributed by atoms with Crippen LogP contribution in [-0.2, 0) is 14.3 Å². The number of hydrogen-bond donors (Lipinski definition) is 1. The smallest absolute Gasteiger partial charge is 0.404 e. The van der Waals surface area contributed by atoms with E-state index in [0.717, 1.165) is 12.0 Å². The van der Waals surface area contributed by atoms with Gasteiger partial charge in [-0.15, -0.1) is 0 Å². The van der Waals surface area contributed by atoms with E-state index in [-0.39, 0.29) is 19.5 Å². The standard InChI is InChI=1S/C12H19F3N2O3/c1-3-6-17(7-9(18)20-2)10(19)11(12(13,14)15)4-5-16-8-11/h16H,3-8H2,1-2H3. The third-order valence-corrected chi connectivity index (χ3v) is 3.44. The molecule has 1 amide bonds. The number of ether oxygens (including phenoxy) is 1. The van der Waals surface area contributed by atoms with E-state index in [1.54, 1.807) is 6.92 Å². The summed E-state index contributed by atoms with van der Waals surface area (Å²) in [5.74, 6) is -1.78. The highest BCUT2D eigenvalue weighted by molar-refractivity contribution is 5.87. The van der Waals surface area contributed by atoms with Crippen LogP contribution in [0.4, 0.5) is 13.2 Å². The summed E-state index contributed by atoms with van der Waals surface area (Å²) in [5.41, 5.74) is -2.43. The molecular formula is C12H19F3N2O3. The summed E-state index contributed by atoms with van der Waals surface area (Å²) >= 11 is 0. The summed E-state index contributed by atoms with van der Waals surface area (Å²) in [7, 11) is 1.13. The molecule has 1 heterocycles. The van der Waals surface area contributed by atoms with Gasteiger partial charge >= 0.3 is 12.1 Å². The van der Waals surface area contributed by atoms with Crippen LogP contribution in [0.5, 0.6) is 0 Å². The van der Waals surface area contributed by atoms with Crippen LogP contribution in [0.2, 0.25) is 0 Å². The maximum Gasteiger partial charge on any atom is 0.404 e. The number of rotatable bonds is 5. The zero-order valence-electron chi connectivity index (χ0n) is 11.5. The summed E-state index contributed by atoms with van der Waals surface area (Å²) in [6.45, 7) is 1.04. The predicted octanol–water partition coefficient (Wildman–Crippen LogP) is 0.940. The number of esters is 1. The minimum absolute atomic E-state index is 0.0891. The van der Waals surface area contributed by atoms with E-state index >= 15 is 0 Å². The first-order valence-electron chi connectivity index (χ1n) is 6.42. The molecule has 1 aliphatic heterocycles. The van der Waals surface area contributed by atoms with Gasteiger partial charge in [-0.3, -0.25) is 9.59 Å². The molecule has 1 N–H and O–H groups in total. The zero-order chi connectivity index (χ0) is 15.4. The van der Waals surface area contributed by atoms with Crippen LogP contribution in [0.1, 0.15) is 19.8 Å². The first kappa shape index (κ1) is 16.7. The Bertz CT molecular complexity index is 365. The molecule has 8 heteroatoms. The van der Waals surface area contributed by atoms with E-state index in [1.807, 2.05) is 0 Å². The second kappa shape index (κ2) is 6.43. The Morgan fingerprint density at radius 2 is 2.05 bits per heavy atom. The lowest BCUT2D eigenvalue weighted by molar-refractivity contribution is -0.222. The average molecular weight is 296 g/mol. The van der Waals surface area contributed by atoms with Crippen molar-refractivity contribution in [3.63, 3.8) is 0 Å². The molecule has 0 aromatic rings. The Kier molecular flexibility index (Phi) is 5.38. The van der Waals surface area contributed by atoms with E-state index in [9.17, 15) is 22.8 Å². The van der Waals surface area contributed by atoms with Gasteiger partial charge in [-0.1, -0.05) is 6.92 Å². The van der Waals surface area contributed by atoms with E-state index in [0.29, 0.717) is 6.42 Å². The molecule has 1 unspecified atom stereocenters. The van der Waals surface area contributed by atoms with E-state index in [4.69, 9.17) is 0 Å². The normalized spacial score (nSPS) is 22.6. The minimum atomic E-state index is -4.64. The Morgan fingerprint density at radius 3 is 2.45 bits per heavy atom. The van der Waals surface area contributed by atoms with Crippen molar-refractivity contribution in [1.29, 1.82) is 0 Å². The number of nitrogens with zero attached hydrogens (tertiary/aromatic N) is 1. The van der Waals surface area contributed by atoms with Crippen LogP contribution in [0.25, 0.3) is 0 Å². The molecule has 5 nitrogen and oxygen atoms in total. The van der Waals surface area contributed by atoms with Gasteiger partial charge in [0, 0.05) is 13.1 Å². The third kappa shape index (κ3) is 3.23. The third-order valence-electron chi connectivity index (χ3n) is 3.44. The molecule has 1 saturated heterocycles. The second-order valence-electron chi connectivity index (χ2n) is 4.81. The van der Waals surface area contributed by atoms with Crippen LogP contribution < -0.4 is 5.32 Å². The second-order valence-corrected chi connectivity index (χ2v) is 4.81. The molecule has 0 aromatic carbocycles. The van der Waals surface area contributed by atoms with Crippen molar-refractivity contribution < 1.29 is 27.5 Å². The first-order valence-corrected chi connectivity index (χ1v) is 6.42. The Hall–Kier alpha value is -1.31. The number of alkyl halides is 3. The fraction of sp³-hybridized carbons (Fsp3) is 0.833. The van der Waals surface area contributed by atoms with Crippen LogP contribution >= 0.6 is 0 Å². The van der Waals surface area contributed by atoms with E-state index in [1.165, 1.54) is 0 Å². The molecule has 0 saturated carbocycles. The largest absolute Gasteiger partial charge is 0.468 e. The van der Waals surface area contributed by atoms with Gasteiger partial charge in [0.25, 0.3) is 0 Å². The minimum Gasteiger partial charge on any atom is -0.468 e. The number of methoxy groups -OCH3 is 1. The van der Waals surface area contributed by atoms with Crippen molar-refractivity contribution in [3.05, 3.63) is 0 Å². The average Bonchev–Trinajstić information content (AvgIpc) is 2.87. The highest BCUT2D eigenvalue weighted by atomic mass is 19.4. The SMILES string of the molecule is CCCN(CC(=O)OC)C(=O)C1(C(F)(F)F)CCNC1. The molecule has 0 bridgehead atoms. The molecular weight excluding hydrogens is 277 g/mol. The van der Waals surface area contributed by atoms with Gasteiger partial charge in [-0.25, -0.2) is 0 Å². The van der Waals surface area contributed by atoms with Crippen LogP contribution in [0.15, 0.2) is 0 Å². The summed E-state index contributed by atoms with van der Waals surface area (Å²) < 4.78 is 44.3. The zero-order valence-corrected chi connectivity index (χ0v) is 11.5. The number of carbonyl (C=O) groups excluding carboxylic acids is 2. The molecule has 1 rings (SSSR count). The van der Waals surface area contributed by atoms with Crippen LogP contribution in [-0.4, -0.2) is 56.2 Å². The van der Waals surface area contributed by atoms with Crippen LogP contribution in [0.3, 0.4) is 0 Å². The fourth-order valence-corrected chi connectivity index (χ4v) is 2.28. The van der Waals surface area contributed by atoms with Crippen molar-refractivity contribution in [3.8, 4) is 0 Å². The number of hydrogen-bond acceptors (Lipinski definition) is 4. The lowest BCUT2D eigenvalue weighted by Crippen LogP contribution is -2.54. The van der Waals surface area contributed by atoms with E-state index < -0.39 is 36.6 Å². The monoisotopic (exact) mass is 296 g/mol. The summed E-state index contributed by atoms with van der Waals surface area (Å²) in [4.78, 5) is 24.5. The van der Waals surface area contributed by atoms with Crippen molar-refractivity contribution in [2.24, 2.45) is 5.41 Å². The Labute approximate surface area is 115 Å². The van der Waals surface area contributed by atoms with Crippen LogP contribution in [0, 0.1) is 5.41 Å². The lowest BCUT2D eigenvalue weighted by atomic mass is 9.84. The highest BCUT2D eigenvalue weighted by Crippen LogP contribution is 2.44. The summed E-state index contributed by atoms with van der Waals surface area (Å²) in [6, 6.07) is 0. The maximum atomic E-state index is 13.3. The molecule has 0 radical (unpaired) electrons. The molecule has 0 aromatic heterocycles.